The molecule has 1 saturated carbocycles. The van der Waals surface area contributed by atoms with Crippen molar-refractivity contribution in [1.82, 2.24) is 4.72 Å². The zero-order valence-corrected chi connectivity index (χ0v) is 13.8. The van der Waals surface area contributed by atoms with Crippen LogP contribution in [-0.2, 0) is 10.0 Å². The molecule has 1 aliphatic carbocycles. The van der Waals surface area contributed by atoms with E-state index in [1.807, 2.05) is 0 Å². The molecule has 1 aliphatic rings. The Hall–Kier alpha value is -0.820. The van der Waals surface area contributed by atoms with Crippen molar-refractivity contribution < 1.29 is 18.3 Å². The van der Waals surface area contributed by atoms with Gasteiger partial charge >= 0.3 is 5.97 Å². The van der Waals surface area contributed by atoms with Crippen LogP contribution in [0.4, 0.5) is 0 Å². The summed E-state index contributed by atoms with van der Waals surface area (Å²) in [6.07, 6.45) is 0.949. The number of rotatable bonds is 5. The van der Waals surface area contributed by atoms with Crippen LogP contribution in [0.2, 0.25) is 10.0 Å². The number of sulfonamides is 1. The third-order valence-electron chi connectivity index (χ3n) is 3.80. The molecule has 21 heavy (non-hydrogen) atoms. The highest BCUT2D eigenvalue weighted by Gasteiger charge is 2.45. The first-order valence-corrected chi connectivity index (χ1v) is 8.51. The summed E-state index contributed by atoms with van der Waals surface area (Å²) in [5, 5.41) is 8.57. The van der Waals surface area contributed by atoms with E-state index in [9.17, 15) is 13.2 Å². The Morgan fingerprint density at radius 3 is 2.48 bits per heavy atom. The fraction of sp³-hybridized carbons (Fsp3) is 0.462. The number of aromatic carboxylic acids is 1. The lowest BCUT2D eigenvalue weighted by atomic mass is 10.1. The second-order valence-electron chi connectivity index (χ2n) is 5.78. The number of hydrogen-bond acceptors (Lipinski definition) is 3. The van der Waals surface area contributed by atoms with Gasteiger partial charge in [-0.1, -0.05) is 37.0 Å². The predicted molar refractivity (Wildman–Crippen MR) is 80.5 cm³/mol. The van der Waals surface area contributed by atoms with Gasteiger partial charge in [-0.2, -0.15) is 0 Å². The number of benzene rings is 1. The van der Waals surface area contributed by atoms with E-state index in [1.54, 1.807) is 0 Å². The average Bonchev–Trinajstić information content (AvgIpc) is 2.94. The second-order valence-corrected chi connectivity index (χ2v) is 8.30. The minimum absolute atomic E-state index is 0.102. The minimum Gasteiger partial charge on any atom is -0.478 e. The van der Waals surface area contributed by atoms with Crippen LogP contribution >= 0.6 is 23.2 Å². The van der Waals surface area contributed by atoms with E-state index in [1.165, 1.54) is 12.1 Å². The van der Waals surface area contributed by atoms with Crippen molar-refractivity contribution in [3.8, 4) is 0 Å². The van der Waals surface area contributed by atoms with Crippen LogP contribution in [0.5, 0.6) is 0 Å². The van der Waals surface area contributed by atoms with E-state index >= 15 is 0 Å². The maximum atomic E-state index is 12.3. The first-order chi connectivity index (χ1) is 9.56. The van der Waals surface area contributed by atoms with Gasteiger partial charge in [0.25, 0.3) is 0 Å². The highest BCUT2D eigenvalue weighted by molar-refractivity contribution is 7.89. The Morgan fingerprint density at radius 2 is 2.00 bits per heavy atom. The Balaban J connectivity index is 2.28. The summed E-state index contributed by atoms with van der Waals surface area (Å²) in [6, 6.07) is 2.42. The lowest BCUT2D eigenvalue weighted by molar-refractivity contribution is 0.0697. The summed E-state index contributed by atoms with van der Waals surface area (Å²) in [5.41, 5.74) is -0.272. The summed E-state index contributed by atoms with van der Waals surface area (Å²) in [5.74, 6) is -1.09. The molecule has 116 valence electrons. The lowest BCUT2D eigenvalue weighted by Gasteiger charge is -2.11. The van der Waals surface area contributed by atoms with Crippen molar-refractivity contribution in [3.63, 3.8) is 0 Å². The molecule has 1 fully saturated rings. The van der Waals surface area contributed by atoms with Crippen molar-refractivity contribution in [2.75, 3.05) is 6.54 Å². The van der Waals surface area contributed by atoms with E-state index in [0.717, 1.165) is 6.42 Å². The summed E-state index contributed by atoms with van der Waals surface area (Å²) in [7, 11) is -3.87. The molecular formula is C13H15Cl2NO4S. The standard InChI is InChI=1S/C13H15Cl2NO4S/c1-13(2)5-7(13)6-16-21(19,20)9-4-3-8(14)10(11(9)15)12(17)18/h3-4,7,16H,5-6H2,1-2H3,(H,17,18). The van der Waals surface area contributed by atoms with Gasteiger partial charge in [-0.3, -0.25) is 0 Å². The Labute approximate surface area is 133 Å². The highest BCUT2D eigenvalue weighted by atomic mass is 35.5. The highest BCUT2D eigenvalue weighted by Crippen LogP contribution is 2.51. The molecule has 1 aromatic rings. The van der Waals surface area contributed by atoms with E-state index in [-0.39, 0.29) is 26.3 Å². The number of carboxylic acid groups (broad SMARTS) is 1. The number of carbonyl (C=O) groups is 1. The van der Waals surface area contributed by atoms with Crippen LogP contribution in [-0.4, -0.2) is 26.0 Å². The molecule has 0 amide bonds. The number of carboxylic acids is 1. The third kappa shape index (κ3) is 3.34. The summed E-state index contributed by atoms with van der Waals surface area (Å²) >= 11 is 11.6. The fourth-order valence-electron chi connectivity index (χ4n) is 2.15. The number of nitrogens with one attached hydrogen (secondary N) is 1. The van der Waals surface area contributed by atoms with Gasteiger partial charge in [-0.25, -0.2) is 17.9 Å². The molecule has 0 radical (unpaired) electrons. The van der Waals surface area contributed by atoms with Crippen LogP contribution in [0, 0.1) is 11.3 Å². The SMILES string of the molecule is CC1(C)CC1CNS(=O)(=O)c1ccc(Cl)c(C(=O)O)c1Cl. The monoisotopic (exact) mass is 351 g/mol. The molecule has 0 aliphatic heterocycles. The quantitative estimate of drug-likeness (QED) is 0.853. The van der Waals surface area contributed by atoms with Gasteiger partial charge in [0, 0.05) is 6.54 Å². The van der Waals surface area contributed by atoms with Crippen molar-refractivity contribution in [2.24, 2.45) is 11.3 Å². The van der Waals surface area contributed by atoms with E-state index < -0.39 is 21.6 Å². The largest absolute Gasteiger partial charge is 0.478 e. The first kappa shape index (κ1) is 16.5. The molecule has 2 rings (SSSR count). The number of hydrogen-bond donors (Lipinski definition) is 2. The maximum Gasteiger partial charge on any atom is 0.338 e. The van der Waals surface area contributed by atoms with Crippen molar-refractivity contribution in [3.05, 3.63) is 27.7 Å². The summed E-state index contributed by atoms with van der Waals surface area (Å²) < 4.78 is 27.0. The lowest BCUT2D eigenvalue weighted by Crippen LogP contribution is -2.27. The summed E-state index contributed by atoms with van der Waals surface area (Å²) in [6.45, 7) is 4.42. The van der Waals surface area contributed by atoms with Crippen molar-refractivity contribution >= 4 is 39.2 Å². The molecule has 0 bridgehead atoms. The Bertz CT molecular complexity index is 700. The van der Waals surface area contributed by atoms with Crippen LogP contribution in [0.3, 0.4) is 0 Å². The maximum absolute atomic E-state index is 12.3. The molecule has 5 nitrogen and oxygen atoms in total. The van der Waals surface area contributed by atoms with Gasteiger partial charge in [-0.05, 0) is 29.9 Å². The number of halogens is 2. The van der Waals surface area contributed by atoms with Gasteiger partial charge in [0.1, 0.15) is 4.90 Å². The van der Waals surface area contributed by atoms with Crippen LogP contribution in [0.15, 0.2) is 17.0 Å². The molecule has 8 heteroatoms. The Morgan fingerprint density at radius 1 is 1.43 bits per heavy atom. The van der Waals surface area contributed by atoms with Crippen molar-refractivity contribution in [1.29, 1.82) is 0 Å². The molecule has 0 heterocycles. The van der Waals surface area contributed by atoms with Gasteiger partial charge in [-0.15, -0.1) is 0 Å². The van der Waals surface area contributed by atoms with E-state index in [4.69, 9.17) is 28.3 Å². The zero-order valence-electron chi connectivity index (χ0n) is 11.5. The molecule has 0 saturated heterocycles. The van der Waals surface area contributed by atoms with Crippen LogP contribution in [0.1, 0.15) is 30.6 Å². The molecule has 0 aromatic heterocycles. The average molecular weight is 352 g/mol. The topological polar surface area (TPSA) is 83.5 Å². The summed E-state index contributed by atoms with van der Waals surface area (Å²) in [4.78, 5) is 10.8. The van der Waals surface area contributed by atoms with Gasteiger partial charge < -0.3 is 5.11 Å². The zero-order chi connectivity index (χ0) is 16.0. The van der Waals surface area contributed by atoms with Crippen LogP contribution < -0.4 is 4.72 Å². The smallest absolute Gasteiger partial charge is 0.338 e. The van der Waals surface area contributed by atoms with E-state index in [0.29, 0.717) is 6.54 Å². The molecule has 1 aromatic carbocycles. The van der Waals surface area contributed by atoms with Gasteiger partial charge in [0.15, 0.2) is 0 Å². The third-order valence-corrected chi connectivity index (χ3v) is 6.08. The molecule has 1 unspecified atom stereocenters. The van der Waals surface area contributed by atoms with E-state index in [2.05, 4.69) is 18.6 Å². The molecule has 2 N–H and O–H groups in total. The Kier molecular flexibility index (Phi) is 4.28. The second kappa shape index (κ2) is 5.43. The van der Waals surface area contributed by atoms with Gasteiger partial charge in [0.05, 0.1) is 15.6 Å². The first-order valence-electron chi connectivity index (χ1n) is 6.27. The van der Waals surface area contributed by atoms with Gasteiger partial charge in [0.2, 0.25) is 10.0 Å². The predicted octanol–water partition coefficient (Wildman–Crippen LogP) is 3.02. The fourth-order valence-corrected chi connectivity index (χ4v) is 4.15. The molecule has 0 spiro atoms. The molecular weight excluding hydrogens is 337 g/mol. The normalized spacial score (nSPS) is 20.3. The molecule has 1 atom stereocenters. The minimum atomic E-state index is -3.87. The van der Waals surface area contributed by atoms with Crippen molar-refractivity contribution in [2.45, 2.75) is 25.2 Å². The van der Waals surface area contributed by atoms with Crippen LogP contribution in [0.25, 0.3) is 0 Å².